The zero-order chi connectivity index (χ0) is 17.8. The van der Waals surface area contributed by atoms with Gasteiger partial charge in [0, 0.05) is 22.6 Å². The zero-order valence-corrected chi connectivity index (χ0v) is 14.1. The first kappa shape index (κ1) is 17.1. The summed E-state index contributed by atoms with van der Waals surface area (Å²) in [5.41, 5.74) is 1.19. The second-order valence-corrected chi connectivity index (χ2v) is 5.83. The van der Waals surface area contributed by atoms with Crippen molar-refractivity contribution in [2.75, 3.05) is 10.6 Å². The minimum Gasteiger partial charge on any atom is -0.324 e. The highest BCUT2D eigenvalue weighted by Crippen LogP contribution is 2.20. The van der Waals surface area contributed by atoms with E-state index in [4.69, 9.17) is 23.2 Å². The van der Waals surface area contributed by atoms with Gasteiger partial charge in [0.25, 0.3) is 5.91 Å². The molecule has 0 radical (unpaired) electrons. The minimum absolute atomic E-state index is 0.0798. The number of carbonyl (C=O) groups excluding carboxylic acids is 1. The maximum Gasteiger partial charge on any atom is 0.274 e. The number of aromatic nitrogens is 2. The summed E-state index contributed by atoms with van der Waals surface area (Å²) in [5.74, 6) is -0.791. The smallest absolute Gasteiger partial charge is 0.274 e. The van der Waals surface area contributed by atoms with Crippen molar-refractivity contribution in [2.24, 2.45) is 0 Å². The first-order valence-electron chi connectivity index (χ1n) is 7.13. The van der Waals surface area contributed by atoms with Gasteiger partial charge >= 0.3 is 0 Å². The monoisotopic (exact) mass is 376 g/mol. The molecular weight excluding hydrogens is 366 g/mol. The molecule has 0 aliphatic heterocycles. The van der Waals surface area contributed by atoms with Crippen LogP contribution in [0, 0.1) is 5.82 Å². The van der Waals surface area contributed by atoms with Crippen LogP contribution in [-0.2, 0) is 0 Å². The molecule has 2 aromatic carbocycles. The summed E-state index contributed by atoms with van der Waals surface area (Å²) in [6, 6.07) is 12.4. The Balaban J connectivity index is 1.76. The summed E-state index contributed by atoms with van der Waals surface area (Å²) in [6.45, 7) is 0. The summed E-state index contributed by atoms with van der Waals surface area (Å²) in [4.78, 5) is 20.5. The first-order chi connectivity index (χ1) is 12.0. The molecule has 0 fully saturated rings. The van der Waals surface area contributed by atoms with E-state index in [9.17, 15) is 9.18 Å². The summed E-state index contributed by atoms with van der Waals surface area (Å²) in [6.07, 6.45) is 1.45. The quantitative estimate of drug-likeness (QED) is 0.678. The molecule has 126 valence electrons. The molecule has 0 saturated heterocycles. The second kappa shape index (κ2) is 7.46. The van der Waals surface area contributed by atoms with E-state index in [0.29, 0.717) is 16.4 Å². The first-order valence-corrected chi connectivity index (χ1v) is 7.89. The molecule has 8 heteroatoms. The van der Waals surface area contributed by atoms with Crippen LogP contribution >= 0.6 is 23.2 Å². The average Bonchev–Trinajstić information content (AvgIpc) is 2.58. The summed E-state index contributed by atoms with van der Waals surface area (Å²) in [5, 5.41) is 6.04. The van der Waals surface area contributed by atoms with Gasteiger partial charge in [-0.25, -0.2) is 14.4 Å². The number of hydrogen-bond donors (Lipinski definition) is 2. The van der Waals surface area contributed by atoms with Gasteiger partial charge in [0.05, 0.1) is 5.02 Å². The number of nitrogens with one attached hydrogen (secondary N) is 2. The van der Waals surface area contributed by atoms with Crippen LogP contribution in [0.25, 0.3) is 0 Å². The number of nitrogens with zero attached hydrogens (tertiary/aromatic N) is 2. The van der Waals surface area contributed by atoms with Crippen LogP contribution in [-0.4, -0.2) is 15.9 Å². The largest absolute Gasteiger partial charge is 0.324 e. The van der Waals surface area contributed by atoms with E-state index in [1.807, 2.05) is 0 Å². The lowest BCUT2D eigenvalue weighted by molar-refractivity contribution is 0.102. The van der Waals surface area contributed by atoms with Gasteiger partial charge in [0.15, 0.2) is 0 Å². The van der Waals surface area contributed by atoms with E-state index in [2.05, 4.69) is 20.6 Å². The van der Waals surface area contributed by atoms with Crippen LogP contribution in [0.5, 0.6) is 0 Å². The van der Waals surface area contributed by atoms with Gasteiger partial charge in [-0.2, -0.15) is 0 Å². The Morgan fingerprint density at radius 2 is 1.88 bits per heavy atom. The van der Waals surface area contributed by atoms with Crippen LogP contribution in [0.2, 0.25) is 10.0 Å². The predicted molar refractivity (Wildman–Crippen MR) is 96.1 cm³/mol. The molecule has 1 aromatic heterocycles. The third-order valence-corrected chi connectivity index (χ3v) is 3.67. The lowest BCUT2D eigenvalue weighted by Crippen LogP contribution is -2.14. The number of carbonyl (C=O) groups is 1. The Morgan fingerprint density at radius 3 is 2.64 bits per heavy atom. The van der Waals surface area contributed by atoms with Crippen molar-refractivity contribution >= 4 is 46.4 Å². The van der Waals surface area contributed by atoms with Crippen molar-refractivity contribution in [1.29, 1.82) is 0 Å². The lowest BCUT2D eigenvalue weighted by Gasteiger charge is -2.08. The fourth-order valence-electron chi connectivity index (χ4n) is 2.01. The number of rotatable bonds is 4. The van der Waals surface area contributed by atoms with Crippen molar-refractivity contribution in [1.82, 2.24) is 9.97 Å². The maximum absolute atomic E-state index is 13.2. The molecule has 0 atom stereocenters. The molecular formula is C17H11Cl2FN4O. The highest BCUT2D eigenvalue weighted by atomic mass is 35.5. The lowest BCUT2D eigenvalue weighted by atomic mass is 10.3. The second-order valence-electron chi connectivity index (χ2n) is 4.98. The Bertz CT molecular complexity index is 936. The van der Waals surface area contributed by atoms with Gasteiger partial charge in [0.2, 0.25) is 5.95 Å². The van der Waals surface area contributed by atoms with Crippen molar-refractivity contribution in [2.45, 2.75) is 0 Å². The molecule has 3 aromatic rings. The fourth-order valence-corrected chi connectivity index (χ4v) is 2.38. The van der Waals surface area contributed by atoms with Gasteiger partial charge in [-0.3, -0.25) is 4.79 Å². The van der Waals surface area contributed by atoms with Gasteiger partial charge in [0.1, 0.15) is 11.5 Å². The summed E-state index contributed by atoms with van der Waals surface area (Å²) < 4.78 is 13.2. The number of benzene rings is 2. The SMILES string of the molecule is O=C(Nc1ccc(F)c(Cl)c1)c1ccnc(Nc2cccc(Cl)c2)n1. The van der Waals surface area contributed by atoms with Crippen molar-refractivity contribution < 1.29 is 9.18 Å². The molecule has 0 bridgehead atoms. The molecule has 1 amide bonds. The zero-order valence-electron chi connectivity index (χ0n) is 12.6. The standard InChI is InChI=1S/C17H11Cl2FN4O/c18-10-2-1-3-11(8-10)23-17-21-7-6-15(24-17)16(25)22-12-4-5-14(20)13(19)9-12/h1-9H,(H,22,25)(H,21,23,24). The number of halogens is 3. The van der Waals surface area contributed by atoms with E-state index < -0.39 is 11.7 Å². The highest BCUT2D eigenvalue weighted by Gasteiger charge is 2.11. The fraction of sp³-hybridized carbons (Fsp3) is 0. The van der Waals surface area contributed by atoms with E-state index in [1.54, 1.807) is 24.3 Å². The average molecular weight is 377 g/mol. The van der Waals surface area contributed by atoms with Gasteiger partial charge in [-0.15, -0.1) is 0 Å². The van der Waals surface area contributed by atoms with E-state index >= 15 is 0 Å². The molecule has 25 heavy (non-hydrogen) atoms. The van der Waals surface area contributed by atoms with Gasteiger partial charge in [-0.1, -0.05) is 29.3 Å². The van der Waals surface area contributed by atoms with Crippen molar-refractivity contribution in [3.63, 3.8) is 0 Å². The number of anilines is 3. The highest BCUT2D eigenvalue weighted by molar-refractivity contribution is 6.31. The molecule has 0 aliphatic rings. The molecule has 0 spiro atoms. The Hall–Kier alpha value is -2.70. The van der Waals surface area contributed by atoms with Crippen LogP contribution in [0.1, 0.15) is 10.5 Å². The normalized spacial score (nSPS) is 10.4. The molecule has 3 rings (SSSR count). The molecule has 2 N–H and O–H groups in total. The Morgan fingerprint density at radius 1 is 1.04 bits per heavy atom. The molecule has 5 nitrogen and oxygen atoms in total. The van der Waals surface area contributed by atoms with E-state index in [-0.39, 0.29) is 16.7 Å². The van der Waals surface area contributed by atoms with Crippen LogP contribution in [0.3, 0.4) is 0 Å². The predicted octanol–water partition coefficient (Wildman–Crippen LogP) is 4.92. The minimum atomic E-state index is -0.560. The van der Waals surface area contributed by atoms with Gasteiger partial charge in [-0.05, 0) is 42.5 Å². The van der Waals surface area contributed by atoms with Crippen LogP contribution < -0.4 is 10.6 Å². The van der Waals surface area contributed by atoms with Gasteiger partial charge < -0.3 is 10.6 Å². The Labute approximate surface area is 152 Å². The summed E-state index contributed by atoms with van der Waals surface area (Å²) in [7, 11) is 0. The third kappa shape index (κ3) is 4.43. The molecule has 0 aliphatic carbocycles. The number of hydrogen-bond acceptors (Lipinski definition) is 4. The Kier molecular flexibility index (Phi) is 5.11. The third-order valence-electron chi connectivity index (χ3n) is 3.15. The molecule has 0 unspecified atom stereocenters. The molecule has 1 heterocycles. The maximum atomic E-state index is 13.2. The van der Waals surface area contributed by atoms with Crippen LogP contribution in [0.4, 0.5) is 21.7 Å². The van der Waals surface area contributed by atoms with E-state index in [1.165, 1.54) is 30.5 Å². The van der Waals surface area contributed by atoms with Crippen molar-refractivity contribution in [3.05, 3.63) is 76.3 Å². The summed E-state index contributed by atoms with van der Waals surface area (Å²) >= 11 is 11.6. The number of amides is 1. The molecule has 0 saturated carbocycles. The topological polar surface area (TPSA) is 66.9 Å². The van der Waals surface area contributed by atoms with Crippen molar-refractivity contribution in [3.8, 4) is 0 Å². The van der Waals surface area contributed by atoms with Crippen LogP contribution in [0.15, 0.2) is 54.7 Å². The van der Waals surface area contributed by atoms with E-state index in [0.717, 1.165) is 0 Å².